The molecule has 27 heavy (non-hydrogen) atoms. The molecule has 0 aliphatic carbocycles. The van der Waals surface area contributed by atoms with Crippen molar-refractivity contribution in [2.75, 3.05) is 18.9 Å². The minimum atomic E-state index is -0.0140. The Bertz CT molecular complexity index is 935. The molecule has 1 aliphatic rings. The average molecular weight is 383 g/mol. The van der Waals surface area contributed by atoms with Gasteiger partial charge in [-0.15, -0.1) is 10.2 Å². The van der Waals surface area contributed by atoms with Gasteiger partial charge < -0.3 is 10.1 Å². The minimum absolute atomic E-state index is 0.0140. The zero-order valence-electron chi connectivity index (χ0n) is 15.1. The van der Waals surface area contributed by atoms with E-state index in [4.69, 9.17) is 4.74 Å². The third-order valence-electron chi connectivity index (χ3n) is 4.45. The van der Waals surface area contributed by atoms with Crippen molar-refractivity contribution >= 4 is 23.3 Å². The molecule has 8 heteroatoms. The summed E-state index contributed by atoms with van der Waals surface area (Å²) >= 11 is 1.40. The Morgan fingerprint density at radius 3 is 2.89 bits per heavy atom. The Kier molecular flexibility index (Phi) is 5.35. The molecule has 4 rings (SSSR count). The lowest BCUT2D eigenvalue weighted by Gasteiger charge is -2.10. The summed E-state index contributed by atoms with van der Waals surface area (Å²) in [5.41, 5.74) is 2.82. The number of rotatable bonds is 6. The van der Waals surface area contributed by atoms with Crippen LogP contribution in [0, 0.1) is 6.92 Å². The number of ether oxygens (including phenoxy) is 1. The van der Waals surface area contributed by atoms with Crippen molar-refractivity contribution in [2.24, 2.45) is 0 Å². The van der Waals surface area contributed by atoms with E-state index in [1.54, 1.807) is 4.52 Å². The molecule has 0 saturated carbocycles. The van der Waals surface area contributed by atoms with Crippen LogP contribution in [0.5, 0.6) is 0 Å². The number of thioether (sulfide) groups is 1. The van der Waals surface area contributed by atoms with Gasteiger partial charge in [-0.1, -0.05) is 41.6 Å². The van der Waals surface area contributed by atoms with Gasteiger partial charge in [0.25, 0.3) is 0 Å². The smallest absolute Gasteiger partial charge is 0.230 e. The molecule has 140 valence electrons. The third kappa shape index (κ3) is 4.28. The van der Waals surface area contributed by atoms with Crippen molar-refractivity contribution in [2.45, 2.75) is 30.9 Å². The Hall–Kier alpha value is -2.45. The van der Waals surface area contributed by atoms with Gasteiger partial charge in [0.05, 0.1) is 11.9 Å². The molecule has 0 spiro atoms. The van der Waals surface area contributed by atoms with Crippen LogP contribution in [0.3, 0.4) is 0 Å². The highest BCUT2D eigenvalue weighted by Crippen LogP contribution is 2.21. The molecule has 1 aliphatic heterocycles. The molecule has 0 bridgehead atoms. The Morgan fingerprint density at radius 1 is 1.26 bits per heavy atom. The van der Waals surface area contributed by atoms with Crippen LogP contribution in [0.1, 0.15) is 18.4 Å². The van der Waals surface area contributed by atoms with Crippen LogP contribution < -0.4 is 5.32 Å². The molecular formula is C19H21N5O2S. The van der Waals surface area contributed by atoms with Gasteiger partial charge >= 0.3 is 0 Å². The summed E-state index contributed by atoms with van der Waals surface area (Å²) in [7, 11) is 0. The van der Waals surface area contributed by atoms with Crippen LogP contribution in [0.2, 0.25) is 0 Å². The molecule has 1 unspecified atom stereocenters. The fraction of sp³-hybridized carbons (Fsp3) is 0.368. The number of aryl methyl sites for hydroxylation is 1. The number of nitrogens with one attached hydrogen (secondary N) is 1. The number of fused-ring (bicyclic) bond motifs is 1. The molecule has 0 radical (unpaired) electrons. The van der Waals surface area contributed by atoms with Crippen molar-refractivity contribution in [3.8, 4) is 11.4 Å². The second kappa shape index (κ2) is 8.06. The molecule has 1 atom stereocenters. The highest BCUT2D eigenvalue weighted by atomic mass is 32.2. The number of carbonyl (C=O) groups excluding carboxylic acids is 1. The van der Waals surface area contributed by atoms with E-state index in [1.807, 2.05) is 43.3 Å². The van der Waals surface area contributed by atoms with E-state index in [-0.39, 0.29) is 12.0 Å². The summed E-state index contributed by atoms with van der Waals surface area (Å²) < 4.78 is 7.24. The number of hydrogen-bond donors (Lipinski definition) is 1. The van der Waals surface area contributed by atoms with E-state index in [0.29, 0.717) is 23.8 Å². The first-order valence-corrected chi connectivity index (χ1v) is 9.98. The van der Waals surface area contributed by atoms with Gasteiger partial charge in [0.1, 0.15) is 5.03 Å². The Morgan fingerprint density at radius 2 is 2.11 bits per heavy atom. The van der Waals surface area contributed by atoms with Gasteiger partial charge in [-0.25, -0.2) is 0 Å². The van der Waals surface area contributed by atoms with Crippen molar-refractivity contribution in [3.05, 3.63) is 42.0 Å². The van der Waals surface area contributed by atoms with Gasteiger partial charge in [0.2, 0.25) is 5.91 Å². The fourth-order valence-corrected chi connectivity index (χ4v) is 3.64. The number of aromatic nitrogens is 4. The summed E-state index contributed by atoms with van der Waals surface area (Å²) in [6.07, 6.45) is 2.24. The second-order valence-corrected chi connectivity index (χ2v) is 7.55. The number of carbonyl (C=O) groups is 1. The number of amides is 1. The lowest BCUT2D eigenvalue weighted by atomic mass is 10.1. The minimum Gasteiger partial charge on any atom is -0.376 e. The zero-order valence-corrected chi connectivity index (χ0v) is 15.9. The van der Waals surface area contributed by atoms with Crippen LogP contribution >= 0.6 is 11.8 Å². The first-order chi connectivity index (χ1) is 13.2. The summed E-state index contributed by atoms with van der Waals surface area (Å²) in [5.74, 6) is 0.989. The molecule has 3 aromatic rings. The topological polar surface area (TPSA) is 81.4 Å². The van der Waals surface area contributed by atoms with Gasteiger partial charge in [-0.05, 0) is 31.9 Å². The van der Waals surface area contributed by atoms with Crippen LogP contribution in [-0.4, -0.2) is 50.7 Å². The van der Waals surface area contributed by atoms with E-state index in [2.05, 4.69) is 20.6 Å². The van der Waals surface area contributed by atoms with Crippen molar-refractivity contribution in [1.82, 2.24) is 25.1 Å². The van der Waals surface area contributed by atoms with Crippen LogP contribution in [0.4, 0.5) is 0 Å². The SMILES string of the molecule is Cc1ccc(-c2nnc3ccc(SCC(=O)NCC4CCCO4)nn23)cc1. The molecule has 1 fully saturated rings. The maximum atomic E-state index is 12.1. The summed E-state index contributed by atoms with van der Waals surface area (Å²) in [4.78, 5) is 12.1. The molecular weight excluding hydrogens is 362 g/mol. The number of hydrogen-bond acceptors (Lipinski definition) is 6. The highest BCUT2D eigenvalue weighted by Gasteiger charge is 2.16. The Balaban J connectivity index is 1.42. The maximum Gasteiger partial charge on any atom is 0.230 e. The summed E-state index contributed by atoms with van der Waals surface area (Å²) in [6, 6.07) is 11.8. The van der Waals surface area contributed by atoms with E-state index in [9.17, 15) is 4.79 Å². The molecule has 1 N–H and O–H groups in total. The second-order valence-electron chi connectivity index (χ2n) is 6.56. The van der Waals surface area contributed by atoms with E-state index in [0.717, 1.165) is 30.0 Å². The average Bonchev–Trinajstić information content (AvgIpc) is 3.35. The maximum absolute atomic E-state index is 12.1. The molecule has 3 heterocycles. The van der Waals surface area contributed by atoms with Crippen LogP contribution in [0.25, 0.3) is 17.0 Å². The molecule has 1 amide bonds. The molecule has 2 aromatic heterocycles. The van der Waals surface area contributed by atoms with Gasteiger partial charge in [-0.2, -0.15) is 9.61 Å². The van der Waals surface area contributed by atoms with E-state index >= 15 is 0 Å². The van der Waals surface area contributed by atoms with E-state index < -0.39 is 0 Å². The largest absolute Gasteiger partial charge is 0.376 e. The summed E-state index contributed by atoms with van der Waals surface area (Å²) in [5, 5.41) is 16.7. The first-order valence-electron chi connectivity index (χ1n) is 8.99. The monoisotopic (exact) mass is 383 g/mol. The van der Waals surface area contributed by atoms with E-state index in [1.165, 1.54) is 17.3 Å². The fourth-order valence-electron chi connectivity index (χ4n) is 2.96. The lowest BCUT2D eigenvalue weighted by Crippen LogP contribution is -2.32. The third-order valence-corrected chi connectivity index (χ3v) is 5.37. The Labute approximate surface area is 161 Å². The lowest BCUT2D eigenvalue weighted by molar-refractivity contribution is -0.119. The molecule has 7 nitrogen and oxygen atoms in total. The molecule has 1 aromatic carbocycles. The van der Waals surface area contributed by atoms with Gasteiger partial charge in [0, 0.05) is 18.7 Å². The quantitative estimate of drug-likeness (QED) is 0.659. The van der Waals surface area contributed by atoms with Crippen LogP contribution in [0.15, 0.2) is 41.4 Å². The number of nitrogens with zero attached hydrogens (tertiary/aromatic N) is 4. The normalized spacial score (nSPS) is 16.7. The van der Waals surface area contributed by atoms with Gasteiger partial charge in [-0.3, -0.25) is 4.79 Å². The zero-order chi connectivity index (χ0) is 18.6. The standard InChI is InChI=1S/C19H21N5O2S/c1-13-4-6-14(7-5-13)19-22-21-16-8-9-18(23-24(16)19)27-12-17(25)20-11-15-3-2-10-26-15/h4-9,15H,2-3,10-12H2,1H3,(H,20,25). The van der Waals surface area contributed by atoms with Gasteiger partial charge in [0.15, 0.2) is 11.5 Å². The summed E-state index contributed by atoms with van der Waals surface area (Å²) in [6.45, 7) is 3.42. The first kappa shape index (κ1) is 17.9. The predicted molar refractivity (Wildman–Crippen MR) is 104 cm³/mol. The highest BCUT2D eigenvalue weighted by molar-refractivity contribution is 7.99. The number of benzene rings is 1. The van der Waals surface area contributed by atoms with Crippen molar-refractivity contribution < 1.29 is 9.53 Å². The molecule has 1 saturated heterocycles. The van der Waals surface area contributed by atoms with Crippen LogP contribution in [-0.2, 0) is 9.53 Å². The van der Waals surface area contributed by atoms with Crippen molar-refractivity contribution in [3.63, 3.8) is 0 Å². The predicted octanol–water partition coefficient (Wildman–Crippen LogP) is 2.49. The van der Waals surface area contributed by atoms with Crippen molar-refractivity contribution in [1.29, 1.82) is 0 Å².